The highest BCUT2D eigenvalue weighted by Crippen LogP contribution is 2.38. The molecule has 2 N–H and O–H groups in total. The van der Waals surface area contributed by atoms with Crippen LogP contribution in [0.5, 0.6) is 0 Å². The first-order valence-electron chi connectivity index (χ1n) is 38.1. The van der Waals surface area contributed by atoms with Crippen molar-refractivity contribution in [2.24, 2.45) is 0 Å². The van der Waals surface area contributed by atoms with E-state index in [1.54, 1.807) is 6.08 Å². The molecule has 0 rings (SSSR count). The lowest BCUT2D eigenvalue weighted by Gasteiger charge is -2.29. The first-order valence-corrected chi connectivity index (χ1v) is 39.5. The maximum Gasteiger partial charge on any atom is 0.268 e. The Morgan fingerprint density at radius 1 is 0.405 bits per heavy atom. The van der Waals surface area contributed by atoms with Crippen molar-refractivity contribution in [3.8, 4) is 0 Å². The van der Waals surface area contributed by atoms with Crippen molar-refractivity contribution in [2.45, 2.75) is 424 Å². The number of phosphoric acid groups is 1. The van der Waals surface area contributed by atoms with Gasteiger partial charge in [0.05, 0.1) is 39.9 Å². The van der Waals surface area contributed by atoms with E-state index in [1.165, 1.54) is 353 Å². The summed E-state index contributed by atoms with van der Waals surface area (Å²) in [6.45, 7) is 4.73. The van der Waals surface area contributed by atoms with Crippen LogP contribution >= 0.6 is 7.82 Å². The number of carbonyl (C=O) groups is 1. The van der Waals surface area contributed by atoms with E-state index in [-0.39, 0.29) is 19.1 Å². The molecule has 0 aromatic heterocycles. The van der Waals surface area contributed by atoms with Crippen LogP contribution in [0.2, 0.25) is 0 Å². The number of aliphatic hydroxyl groups is 1. The van der Waals surface area contributed by atoms with Gasteiger partial charge in [0.1, 0.15) is 13.2 Å². The fraction of sp³-hybridized carbons (Fsp3) is 0.960. The minimum Gasteiger partial charge on any atom is -0.756 e. The molecule has 0 bridgehead atoms. The number of hydrogen-bond acceptors (Lipinski definition) is 6. The molecular formula is C75H151N2O6P. The fourth-order valence-corrected chi connectivity index (χ4v) is 12.8. The largest absolute Gasteiger partial charge is 0.756 e. The summed E-state index contributed by atoms with van der Waals surface area (Å²) < 4.78 is 23.5. The third kappa shape index (κ3) is 68.7. The monoisotopic (exact) mass is 1210 g/mol. The highest BCUT2D eigenvalue weighted by molar-refractivity contribution is 7.45. The van der Waals surface area contributed by atoms with E-state index in [2.05, 4.69) is 19.2 Å². The zero-order valence-corrected chi connectivity index (χ0v) is 58.5. The summed E-state index contributed by atoms with van der Waals surface area (Å²) in [5.74, 6) is -0.186. The van der Waals surface area contributed by atoms with Crippen LogP contribution in [-0.2, 0) is 18.4 Å². The summed E-state index contributed by atoms with van der Waals surface area (Å²) in [6, 6.07) is -0.884. The second-order valence-corrected chi connectivity index (χ2v) is 29.1. The van der Waals surface area contributed by atoms with Crippen molar-refractivity contribution in [1.82, 2.24) is 5.32 Å². The Morgan fingerprint density at radius 2 is 0.643 bits per heavy atom. The van der Waals surface area contributed by atoms with E-state index >= 15 is 0 Å². The molecule has 9 heteroatoms. The van der Waals surface area contributed by atoms with Crippen LogP contribution in [0.1, 0.15) is 412 Å². The molecule has 0 fully saturated rings. The summed E-state index contributed by atoms with van der Waals surface area (Å²) in [5, 5.41) is 14.0. The quantitative estimate of drug-likeness (QED) is 0.0272. The van der Waals surface area contributed by atoms with Gasteiger partial charge in [-0.2, -0.15) is 0 Å². The van der Waals surface area contributed by atoms with Crippen LogP contribution in [0.15, 0.2) is 12.2 Å². The van der Waals surface area contributed by atoms with Crippen LogP contribution in [0, 0.1) is 0 Å². The predicted molar refractivity (Wildman–Crippen MR) is 367 cm³/mol. The molecule has 0 aliphatic heterocycles. The van der Waals surface area contributed by atoms with Crippen LogP contribution in [0.3, 0.4) is 0 Å². The molecule has 0 aliphatic rings. The molecule has 0 aliphatic carbocycles. The Labute approximate surface area is 526 Å². The number of rotatable bonds is 72. The second kappa shape index (κ2) is 66.7. The topological polar surface area (TPSA) is 108 Å². The molecule has 0 saturated carbocycles. The molecule has 0 saturated heterocycles. The predicted octanol–water partition coefficient (Wildman–Crippen LogP) is 23.8. The molecule has 3 unspecified atom stereocenters. The summed E-state index contributed by atoms with van der Waals surface area (Å²) in [7, 11) is 1.29. The van der Waals surface area contributed by atoms with E-state index in [9.17, 15) is 19.4 Å². The maximum absolute atomic E-state index is 13.1. The molecule has 8 nitrogen and oxygen atoms in total. The average molecular weight is 1210 g/mol. The summed E-state index contributed by atoms with van der Waals surface area (Å²) in [6.07, 6.45) is 86.5. The number of amides is 1. The molecule has 0 heterocycles. The molecule has 84 heavy (non-hydrogen) atoms. The second-order valence-electron chi connectivity index (χ2n) is 27.7. The zero-order valence-electron chi connectivity index (χ0n) is 57.7. The van der Waals surface area contributed by atoms with Crippen molar-refractivity contribution in [2.75, 3.05) is 40.9 Å². The molecular weight excluding hydrogens is 1060 g/mol. The van der Waals surface area contributed by atoms with Crippen LogP contribution < -0.4 is 10.2 Å². The number of likely N-dealkylation sites (N-methyl/N-ethyl adjacent to an activating group) is 1. The van der Waals surface area contributed by atoms with E-state index in [4.69, 9.17) is 9.05 Å². The molecule has 502 valence electrons. The minimum atomic E-state index is -4.60. The first-order chi connectivity index (χ1) is 41.0. The highest BCUT2D eigenvalue weighted by Gasteiger charge is 2.23. The van der Waals surface area contributed by atoms with Crippen LogP contribution in [-0.4, -0.2) is 68.5 Å². The lowest BCUT2D eigenvalue weighted by Crippen LogP contribution is -2.45. The number of allylic oxidation sites excluding steroid dienone is 1. The van der Waals surface area contributed by atoms with Gasteiger partial charge in [-0.25, -0.2) is 0 Å². The molecule has 1 amide bonds. The van der Waals surface area contributed by atoms with Crippen molar-refractivity contribution >= 4 is 13.7 Å². The van der Waals surface area contributed by atoms with Gasteiger partial charge in [0.25, 0.3) is 7.82 Å². The molecule has 0 aromatic rings. The third-order valence-electron chi connectivity index (χ3n) is 18.0. The van der Waals surface area contributed by atoms with Gasteiger partial charge in [-0.3, -0.25) is 9.36 Å². The Kier molecular flexibility index (Phi) is 66.1. The van der Waals surface area contributed by atoms with Gasteiger partial charge in [0, 0.05) is 6.42 Å². The number of nitrogens with zero attached hydrogens (tertiary/aromatic N) is 1. The van der Waals surface area contributed by atoms with Crippen molar-refractivity contribution < 1.29 is 32.9 Å². The average Bonchev–Trinajstić information content (AvgIpc) is 3.56. The highest BCUT2D eigenvalue weighted by atomic mass is 31.2. The fourth-order valence-electron chi connectivity index (χ4n) is 12.1. The van der Waals surface area contributed by atoms with Gasteiger partial charge in [0.2, 0.25) is 5.91 Å². The van der Waals surface area contributed by atoms with Gasteiger partial charge >= 0.3 is 0 Å². The Balaban J connectivity index is 3.93. The number of quaternary nitrogens is 1. The maximum atomic E-state index is 13.1. The minimum absolute atomic E-state index is 0.00307. The first kappa shape index (κ1) is 83.2. The van der Waals surface area contributed by atoms with Gasteiger partial charge in [-0.1, -0.05) is 398 Å². The van der Waals surface area contributed by atoms with E-state index < -0.39 is 20.0 Å². The number of phosphoric ester groups is 1. The number of hydrogen-bond donors (Lipinski definition) is 2. The number of aliphatic hydroxyl groups excluding tert-OH is 1. The lowest BCUT2D eigenvalue weighted by atomic mass is 10.0. The van der Waals surface area contributed by atoms with Crippen molar-refractivity contribution in [1.29, 1.82) is 0 Å². The van der Waals surface area contributed by atoms with E-state index in [0.29, 0.717) is 17.4 Å². The molecule has 0 radical (unpaired) electrons. The van der Waals surface area contributed by atoms with Crippen LogP contribution in [0.25, 0.3) is 0 Å². The van der Waals surface area contributed by atoms with Gasteiger partial charge in [0.15, 0.2) is 0 Å². The van der Waals surface area contributed by atoms with Gasteiger partial charge in [-0.15, -0.1) is 0 Å². The summed E-state index contributed by atoms with van der Waals surface area (Å²) >= 11 is 0. The standard InChI is InChI=1S/C75H151N2O6P/c1-6-8-10-12-14-16-18-20-22-24-26-28-30-32-33-34-35-36-37-38-39-40-41-42-43-45-47-49-51-53-55-57-59-61-63-65-67-69-75(79)76-73(72-83-84(80,81)82-71-70-77(3,4)5)74(78)68-66-64-62-60-58-56-54-52-50-48-46-44-31-29-27-25-23-21-19-17-15-13-11-9-7-2/h66,68,73-74,78H,6-65,67,69-72H2,1-5H3,(H-,76,79,80,81)/b68-66+. The normalized spacial score (nSPS) is 13.6. The molecule has 3 atom stereocenters. The van der Waals surface area contributed by atoms with Gasteiger partial charge < -0.3 is 28.8 Å². The number of nitrogens with one attached hydrogen (secondary N) is 1. The van der Waals surface area contributed by atoms with Crippen molar-refractivity contribution in [3.63, 3.8) is 0 Å². The van der Waals surface area contributed by atoms with Gasteiger partial charge in [-0.05, 0) is 19.3 Å². The zero-order chi connectivity index (χ0) is 61.2. The smallest absolute Gasteiger partial charge is 0.268 e. The van der Waals surface area contributed by atoms with E-state index in [1.807, 2.05) is 27.2 Å². The van der Waals surface area contributed by atoms with Crippen LogP contribution in [0.4, 0.5) is 0 Å². The lowest BCUT2D eigenvalue weighted by molar-refractivity contribution is -0.870. The molecule has 0 aromatic carbocycles. The number of unbranched alkanes of at least 4 members (excludes halogenated alkanes) is 59. The third-order valence-corrected chi connectivity index (χ3v) is 19.0. The van der Waals surface area contributed by atoms with E-state index in [0.717, 1.165) is 38.5 Å². The Morgan fingerprint density at radius 3 is 0.893 bits per heavy atom. The molecule has 0 spiro atoms. The Hall–Kier alpha value is -0.760. The summed E-state index contributed by atoms with van der Waals surface area (Å²) in [4.78, 5) is 25.7. The Bertz CT molecular complexity index is 1370. The number of carbonyl (C=O) groups excluding carboxylic acids is 1. The SMILES string of the molecule is CCCCCCCCCCCCCCCCCCCCCCCCC/C=C/C(O)C(COP(=O)([O-])OCC[N+](C)(C)C)NC(=O)CCCCCCCCCCCCCCCCCCCCCCCCCCCCCCCCCCCCCCC. The van der Waals surface area contributed by atoms with Crippen molar-refractivity contribution in [3.05, 3.63) is 12.2 Å². The summed E-state index contributed by atoms with van der Waals surface area (Å²) in [5.41, 5.74) is 0.